The molecule has 0 radical (unpaired) electrons. The molecule has 2 aliphatic rings. The van der Waals surface area contributed by atoms with Gasteiger partial charge < -0.3 is 19.7 Å². The summed E-state index contributed by atoms with van der Waals surface area (Å²) in [6.45, 7) is 3.81. The number of benzene rings is 1. The van der Waals surface area contributed by atoms with Crippen LogP contribution in [0.2, 0.25) is 0 Å². The standard InChI is InChI=1S/C18H24N2O3.ClH/c1-19-12-15-3-2-8-20(13-15)18(21)7-5-14-4-6-16-17(11-14)23-10-9-22-16;/h4-7,11,15,19H,2-3,8-10,12-13H2,1H3;1H. The van der Waals surface area contributed by atoms with Gasteiger partial charge in [0.05, 0.1) is 0 Å². The van der Waals surface area contributed by atoms with Gasteiger partial charge in [-0.2, -0.15) is 0 Å². The van der Waals surface area contributed by atoms with E-state index in [4.69, 9.17) is 9.47 Å². The van der Waals surface area contributed by atoms with Crippen molar-refractivity contribution in [3.05, 3.63) is 29.8 Å². The Hall–Kier alpha value is -1.72. The van der Waals surface area contributed by atoms with Crippen LogP contribution in [0.1, 0.15) is 18.4 Å². The summed E-state index contributed by atoms with van der Waals surface area (Å²) in [5.74, 6) is 2.16. The highest BCUT2D eigenvalue weighted by Gasteiger charge is 2.21. The van der Waals surface area contributed by atoms with E-state index in [1.807, 2.05) is 36.2 Å². The van der Waals surface area contributed by atoms with Crippen molar-refractivity contribution in [2.45, 2.75) is 12.8 Å². The lowest BCUT2D eigenvalue weighted by Crippen LogP contribution is -2.41. The average molecular weight is 353 g/mol. The number of hydrogen-bond donors (Lipinski definition) is 1. The lowest BCUT2D eigenvalue weighted by Gasteiger charge is -2.32. The molecule has 2 heterocycles. The molecule has 1 aromatic rings. The summed E-state index contributed by atoms with van der Waals surface area (Å²) in [4.78, 5) is 14.3. The molecule has 6 heteroatoms. The first-order valence-electron chi connectivity index (χ1n) is 8.27. The number of rotatable bonds is 4. The predicted molar refractivity (Wildman–Crippen MR) is 96.9 cm³/mol. The number of amides is 1. The second kappa shape index (κ2) is 8.94. The molecule has 1 unspecified atom stereocenters. The third kappa shape index (κ3) is 4.65. The van der Waals surface area contributed by atoms with Crippen LogP contribution in [0.4, 0.5) is 0 Å². The summed E-state index contributed by atoms with van der Waals surface area (Å²) in [5, 5.41) is 3.20. The Morgan fingerprint density at radius 3 is 2.92 bits per heavy atom. The molecule has 1 saturated heterocycles. The number of nitrogens with one attached hydrogen (secondary N) is 1. The molecule has 1 amide bonds. The Balaban J connectivity index is 0.00000208. The number of piperidine rings is 1. The van der Waals surface area contributed by atoms with E-state index in [1.165, 1.54) is 6.42 Å². The van der Waals surface area contributed by atoms with Gasteiger partial charge in [-0.05, 0) is 56.1 Å². The highest BCUT2D eigenvalue weighted by molar-refractivity contribution is 5.92. The van der Waals surface area contributed by atoms with E-state index in [-0.39, 0.29) is 18.3 Å². The third-order valence-electron chi connectivity index (χ3n) is 4.31. The van der Waals surface area contributed by atoms with Gasteiger partial charge in [-0.3, -0.25) is 4.79 Å². The molecule has 2 aliphatic heterocycles. The van der Waals surface area contributed by atoms with E-state index in [2.05, 4.69) is 5.32 Å². The first-order chi connectivity index (χ1) is 11.3. The van der Waals surface area contributed by atoms with Crippen molar-refractivity contribution in [2.75, 3.05) is 39.9 Å². The van der Waals surface area contributed by atoms with Crippen molar-refractivity contribution in [1.82, 2.24) is 10.2 Å². The van der Waals surface area contributed by atoms with E-state index in [0.29, 0.717) is 19.1 Å². The van der Waals surface area contributed by atoms with Crippen LogP contribution in [0, 0.1) is 5.92 Å². The predicted octanol–water partition coefficient (Wildman–Crippen LogP) is 2.35. The van der Waals surface area contributed by atoms with Crippen LogP contribution in [-0.2, 0) is 4.79 Å². The molecule has 5 nitrogen and oxygen atoms in total. The summed E-state index contributed by atoms with van der Waals surface area (Å²) in [6, 6.07) is 5.75. The summed E-state index contributed by atoms with van der Waals surface area (Å²) >= 11 is 0. The Kier molecular flexibility index (Phi) is 6.94. The van der Waals surface area contributed by atoms with Crippen molar-refractivity contribution >= 4 is 24.4 Å². The molecular formula is C18H25ClN2O3. The van der Waals surface area contributed by atoms with Gasteiger partial charge in [-0.25, -0.2) is 0 Å². The van der Waals surface area contributed by atoms with Crippen LogP contribution < -0.4 is 14.8 Å². The van der Waals surface area contributed by atoms with E-state index in [1.54, 1.807) is 6.08 Å². The highest BCUT2D eigenvalue weighted by atomic mass is 35.5. The first-order valence-corrected chi connectivity index (χ1v) is 8.27. The maximum Gasteiger partial charge on any atom is 0.246 e. The van der Waals surface area contributed by atoms with Gasteiger partial charge in [0, 0.05) is 19.2 Å². The van der Waals surface area contributed by atoms with Crippen molar-refractivity contribution < 1.29 is 14.3 Å². The number of fused-ring (bicyclic) bond motifs is 1. The van der Waals surface area contributed by atoms with Crippen molar-refractivity contribution in [1.29, 1.82) is 0 Å². The third-order valence-corrected chi connectivity index (χ3v) is 4.31. The molecule has 0 saturated carbocycles. The molecular weight excluding hydrogens is 328 g/mol. The summed E-state index contributed by atoms with van der Waals surface area (Å²) in [5.41, 5.74) is 0.950. The molecule has 1 aromatic carbocycles. The smallest absolute Gasteiger partial charge is 0.246 e. The van der Waals surface area contributed by atoms with E-state index in [9.17, 15) is 4.79 Å². The molecule has 0 spiro atoms. The fourth-order valence-electron chi connectivity index (χ4n) is 3.16. The lowest BCUT2D eigenvalue weighted by molar-refractivity contribution is -0.127. The number of hydrogen-bond acceptors (Lipinski definition) is 4. The van der Waals surface area contributed by atoms with Gasteiger partial charge in [0.25, 0.3) is 0 Å². The van der Waals surface area contributed by atoms with Gasteiger partial charge >= 0.3 is 0 Å². The minimum atomic E-state index is 0. The summed E-state index contributed by atoms with van der Waals surface area (Å²) in [7, 11) is 1.96. The number of ether oxygens (including phenoxy) is 2. The molecule has 24 heavy (non-hydrogen) atoms. The Morgan fingerprint density at radius 2 is 2.12 bits per heavy atom. The van der Waals surface area contributed by atoms with Crippen LogP contribution in [-0.4, -0.2) is 50.7 Å². The molecule has 1 fully saturated rings. The van der Waals surface area contributed by atoms with Crippen LogP contribution in [0.5, 0.6) is 11.5 Å². The SMILES string of the molecule is CNCC1CCCN(C(=O)C=Cc2ccc3c(c2)OCCO3)C1.Cl. The number of carbonyl (C=O) groups excluding carboxylic acids is 1. The highest BCUT2D eigenvalue weighted by Crippen LogP contribution is 2.31. The normalized spacial score (nSPS) is 19.9. The quantitative estimate of drug-likeness (QED) is 0.845. The lowest BCUT2D eigenvalue weighted by atomic mass is 9.98. The number of halogens is 1. The monoisotopic (exact) mass is 352 g/mol. The molecule has 1 atom stereocenters. The number of carbonyl (C=O) groups is 1. The van der Waals surface area contributed by atoms with Gasteiger partial charge in [0.15, 0.2) is 11.5 Å². The van der Waals surface area contributed by atoms with Crippen LogP contribution in [0.25, 0.3) is 6.08 Å². The number of likely N-dealkylation sites (tertiary alicyclic amines) is 1. The zero-order chi connectivity index (χ0) is 16.1. The number of nitrogens with zero attached hydrogens (tertiary/aromatic N) is 1. The van der Waals surface area contributed by atoms with Gasteiger partial charge in [0.1, 0.15) is 13.2 Å². The van der Waals surface area contributed by atoms with E-state index < -0.39 is 0 Å². The van der Waals surface area contributed by atoms with Gasteiger partial charge in [0.2, 0.25) is 5.91 Å². The Morgan fingerprint density at radius 1 is 1.33 bits per heavy atom. The second-order valence-electron chi connectivity index (χ2n) is 6.09. The maximum absolute atomic E-state index is 12.4. The Bertz CT molecular complexity index is 590. The van der Waals surface area contributed by atoms with Crippen LogP contribution >= 0.6 is 12.4 Å². The maximum atomic E-state index is 12.4. The summed E-state index contributed by atoms with van der Waals surface area (Å²) < 4.78 is 11.1. The molecule has 132 valence electrons. The van der Waals surface area contributed by atoms with E-state index in [0.717, 1.165) is 43.1 Å². The fourth-order valence-corrected chi connectivity index (χ4v) is 3.16. The first kappa shape index (κ1) is 18.6. The van der Waals surface area contributed by atoms with Crippen LogP contribution in [0.3, 0.4) is 0 Å². The zero-order valence-electron chi connectivity index (χ0n) is 14.0. The molecule has 0 aliphatic carbocycles. The fraction of sp³-hybridized carbons (Fsp3) is 0.500. The molecule has 3 rings (SSSR count). The van der Waals surface area contributed by atoms with Crippen molar-refractivity contribution in [3.63, 3.8) is 0 Å². The second-order valence-corrected chi connectivity index (χ2v) is 6.09. The van der Waals surface area contributed by atoms with E-state index >= 15 is 0 Å². The minimum Gasteiger partial charge on any atom is -0.486 e. The topological polar surface area (TPSA) is 50.8 Å². The van der Waals surface area contributed by atoms with Gasteiger partial charge in [-0.1, -0.05) is 6.07 Å². The van der Waals surface area contributed by atoms with Crippen molar-refractivity contribution in [2.24, 2.45) is 5.92 Å². The van der Waals surface area contributed by atoms with Crippen molar-refractivity contribution in [3.8, 4) is 11.5 Å². The molecule has 1 N–H and O–H groups in total. The molecule has 0 bridgehead atoms. The van der Waals surface area contributed by atoms with Gasteiger partial charge in [-0.15, -0.1) is 12.4 Å². The zero-order valence-corrected chi connectivity index (χ0v) is 14.8. The molecule has 0 aromatic heterocycles. The Labute approximate surface area is 149 Å². The summed E-state index contributed by atoms with van der Waals surface area (Å²) in [6.07, 6.45) is 5.78. The largest absolute Gasteiger partial charge is 0.486 e. The average Bonchev–Trinajstić information content (AvgIpc) is 2.60. The van der Waals surface area contributed by atoms with Crippen LogP contribution in [0.15, 0.2) is 24.3 Å². The minimum absolute atomic E-state index is 0.